The van der Waals surface area contributed by atoms with Crippen LogP contribution in [0.15, 0.2) is 52.1 Å². The van der Waals surface area contributed by atoms with Crippen molar-refractivity contribution in [3.63, 3.8) is 0 Å². The number of aromatic nitrogens is 1. The van der Waals surface area contributed by atoms with Crippen molar-refractivity contribution in [2.45, 2.75) is 12.5 Å². The van der Waals surface area contributed by atoms with Gasteiger partial charge in [0.05, 0.1) is 19.2 Å². The van der Waals surface area contributed by atoms with E-state index in [9.17, 15) is 14.0 Å². The highest BCUT2D eigenvalue weighted by Gasteiger charge is 2.40. The smallest absolute Gasteiger partial charge is 0.337 e. The topological polar surface area (TPSA) is 95.3 Å². The minimum atomic E-state index is -0.879. The number of esters is 1. The van der Waals surface area contributed by atoms with Gasteiger partial charge < -0.3 is 14.7 Å². The average Bonchev–Trinajstić information content (AvgIpc) is 3.47. The average molecular weight is 513 g/mol. The third kappa shape index (κ3) is 6.32. The SMILES string of the molecule is COC(=O)C1=C2C[C@H](N(CC(=O)O)SC)CN2C(c2nccs2)=NC1.Fc1cccc(Cl)c1. The van der Waals surface area contributed by atoms with E-state index in [-0.39, 0.29) is 24.9 Å². The molecule has 0 aliphatic carbocycles. The summed E-state index contributed by atoms with van der Waals surface area (Å²) in [5.41, 5.74) is 1.38. The Morgan fingerprint density at radius 3 is 2.79 bits per heavy atom. The number of carboxylic acid groups (broad SMARTS) is 1. The number of amidine groups is 1. The molecule has 0 spiro atoms. The minimum absolute atomic E-state index is 0.0379. The Balaban J connectivity index is 0.000000323. The quantitative estimate of drug-likeness (QED) is 0.464. The van der Waals surface area contributed by atoms with Gasteiger partial charge in [0, 0.05) is 41.3 Å². The van der Waals surface area contributed by atoms with Gasteiger partial charge in [0.1, 0.15) is 12.4 Å². The predicted molar refractivity (Wildman–Crippen MR) is 127 cm³/mol. The number of thiazole rings is 1. The van der Waals surface area contributed by atoms with Crippen LogP contribution in [-0.4, -0.2) is 76.1 Å². The molecule has 33 heavy (non-hydrogen) atoms. The summed E-state index contributed by atoms with van der Waals surface area (Å²) >= 11 is 8.28. The second-order valence-corrected chi connectivity index (χ2v) is 9.12. The first kappa shape index (κ1) is 25.2. The third-order valence-corrected chi connectivity index (χ3v) is 6.81. The number of hydrogen-bond acceptors (Lipinski definition) is 9. The molecule has 1 aromatic carbocycles. The Labute approximate surface area is 203 Å². The lowest BCUT2D eigenvalue weighted by atomic mass is 10.1. The minimum Gasteiger partial charge on any atom is -0.480 e. The van der Waals surface area contributed by atoms with Crippen LogP contribution in [0.4, 0.5) is 4.39 Å². The molecule has 1 N–H and O–H groups in total. The predicted octanol–water partition coefficient (Wildman–Crippen LogP) is 3.55. The Kier molecular flexibility index (Phi) is 8.84. The van der Waals surface area contributed by atoms with E-state index in [1.807, 2.05) is 20.8 Å². The van der Waals surface area contributed by atoms with Crippen molar-refractivity contribution in [3.8, 4) is 0 Å². The molecule has 1 saturated heterocycles. The van der Waals surface area contributed by atoms with Crippen LogP contribution in [0.2, 0.25) is 5.02 Å². The molecular weight excluding hydrogens is 491 g/mol. The summed E-state index contributed by atoms with van der Waals surface area (Å²) in [5.74, 6) is -0.833. The number of fused-ring (bicyclic) bond motifs is 1. The van der Waals surface area contributed by atoms with Gasteiger partial charge in [0.15, 0.2) is 10.8 Å². The van der Waals surface area contributed by atoms with Crippen molar-refractivity contribution in [2.75, 3.05) is 33.0 Å². The maximum atomic E-state index is 12.1. The van der Waals surface area contributed by atoms with Gasteiger partial charge in [-0.05, 0) is 24.5 Å². The maximum Gasteiger partial charge on any atom is 0.337 e. The van der Waals surface area contributed by atoms with Crippen molar-refractivity contribution < 1.29 is 23.8 Å². The molecule has 0 saturated carbocycles. The molecule has 2 aliphatic heterocycles. The van der Waals surface area contributed by atoms with E-state index >= 15 is 0 Å². The summed E-state index contributed by atoms with van der Waals surface area (Å²) in [6.45, 7) is 0.741. The van der Waals surface area contributed by atoms with Gasteiger partial charge in [-0.25, -0.2) is 18.5 Å². The van der Waals surface area contributed by atoms with Crippen LogP contribution in [0.5, 0.6) is 0 Å². The summed E-state index contributed by atoms with van der Waals surface area (Å²) in [5, 5.41) is 12.2. The number of aliphatic imine (C=N–C) groups is 1. The number of hydrogen-bond donors (Lipinski definition) is 1. The summed E-state index contributed by atoms with van der Waals surface area (Å²) in [6.07, 6.45) is 4.14. The molecule has 4 rings (SSSR count). The van der Waals surface area contributed by atoms with Gasteiger partial charge >= 0.3 is 11.9 Å². The van der Waals surface area contributed by atoms with Crippen LogP contribution in [0.1, 0.15) is 11.4 Å². The highest BCUT2D eigenvalue weighted by molar-refractivity contribution is 7.96. The number of carboxylic acids is 1. The van der Waals surface area contributed by atoms with E-state index in [4.69, 9.17) is 21.4 Å². The number of halogens is 2. The zero-order valence-electron chi connectivity index (χ0n) is 17.9. The molecule has 0 bridgehead atoms. The summed E-state index contributed by atoms with van der Waals surface area (Å²) < 4.78 is 18.8. The fourth-order valence-electron chi connectivity index (χ4n) is 3.50. The molecule has 12 heteroatoms. The molecule has 1 atom stereocenters. The molecule has 176 valence electrons. The molecule has 2 aromatic rings. The van der Waals surface area contributed by atoms with E-state index in [0.29, 0.717) is 23.6 Å². The monoisotopic (exact) mass is 512 g/mol. The van der Waals surface area contributed by atoms with Crippen molar-refractivity contribution in [2.24, 2.45) is 4.99 Å². The first-order valence-corrected chi connectivity index (χ1v) is 12.2. The third-order valence-electron chi connectivity index (χ3n) is 4.91. The number of carbonyl (C=O) groups is 2. The Morgan fingerprint density at radius 1 is 1.45 bits per heavy atom. The molecule has 0 amide bonds. The summed E-state index contributed by atoms with van der Waals surface area (Å²) in [6, 6.07) is 5.78. The lowest BCUT2D eigenvalue weighted by Crippen LogP contribution is -2.38. The molecule has 1 fully saturated rings. The standard InChI is InChI=1S/C15H18N4O4S2.C6H4ClF/c1-23-15(22)10-6-17-13(14-16-3-4-25-14)18-7-9(5-11(10)18)19(24-2)8-12(20)21;7-5-2-1-3-6(8)4-5/h3-4,9H,5-8H2,1-2H3,(H,20,21);1-4H/t9-;/m0./s1. The van der Waals surface area contributed by atoms with Gasteiger partial charge in [0.25, 0.3) is 0 Å². The molecule has 1 aromatic heterocycles. The number of rotatable bonds is 6. The first-order chi connectivity index (χ1) is 15.8. The number of ether oxygens (including phenoxy) is 1. The van der Waals surface area contributed by atoms with Gasteiger partial charge in [-0.3, -0.25) is 9.79 Å². The fraction of sp³-hybridized carbons (Fsp3) is 0.333. The summed E-state index contributed by atoms with van der Waals surface area (Å²) in [7, 11) is 1.35. The van der Waals surface area contributed by atoms with Crippen LogP contribution < -0.4 is 0 Å². The second-order valence-electron chi connectivity index (χ2n) is 6.95. The van der Waals surface area contributed by atoms with E-state index in [1.54, 1.807) is 18.3 Å². The molecule has 0 unspecified atom stereocenters. The Bertz CT molecular complexity index is 1050. The van der Waals surface area contributed by atoms with Crippen LogP contribution >= 0.6 is 34.9 Å². The molecular formula is C21H22ClFN4O4S2. The van der Waals surface area contributed by atoms with E-state index < -0.39 is 11.9 Å². The van der Waals surface area contributed by atoms with Crippen molar-refractivity contribution in [1.29, 1.82) is 0 Å². The van der Waals surface area contributed by atoms with Crippen molar-refractivity contribution in [1.82, 2.24) is 14.2 Å². The fourth-order valence-corrected chi connectivity index (χ4v) is 5.01. The number of methoxy groups -OCH3 is 1. The molecule has 8 nitrogen and oxygen atoms in total. The zero-order chi connectivity index (χ0) is 24.0. The Hall–Kier alpha value is -2.47. The highest BCUT2D eigenvalue weighted by atomic mass is 35.5. The summed E-state index contributed by atoms with van der Waals surface area (Å²) in [4.78, 5) is 34.1. The Morgan fingerprint density at radius 2 is 2.24 bits per heavy atom. The second kappa shape index (κ2) is 11.6. The van der Waals surface area contributed by atoms with Crippen molar-refractivity contribution >= 4 is 52.7 Å². The van der Waals surface area contributed by atoms with Crippen molar-refractivity contribution in [3.05, 3.63) is 63.0 Å². The van der Waals surface area contributed by atoms with E-state index in [1.165, 1.54) is 42.5 Å². The highest BCUT2D eigenvalue weighted by Crippen LogP contribution is 2.35. The van der Waals surface area contributed by atoms with Crippen LogP contribution in [0.25, 0.3) is 0 Å². The number of benzene rings is 1. The molecule has 0 radical (unpaired) electrons. The maximum absolute atomic E-state index is 12.1. The molecule has 3 heterocycles. The van der Waals surface area contributed by atoms with Gasteiger partial charge in [-0.15, -0.1) is 11.3 Å². The number of aliphatic carboxylic acids is 1. The zero-order valence-corrected chi connectivity index (χ0v) is 20.3. The normalized spacial score (nSPS) is 17.3. The van der Waals surface area contributed by atoms with Gasteiger partial charge in [-0.2, -0.15) is 0 Å². The van der Waals surface area contributed by atoms with E-state index in [0.717, 1.165) is 16.5 Å². The van der Waals surface area contributed by atoms with Gasteiger partial charge in [-0.1, -0.05) is 29.6 Å². The van der Waals surface area contributed by atoms with E-state index in [2.05, 4.69) is 9.98 Å². The lowest BCUT2D eigenvalue weighted by molar-refractivity contribution is -0.138. The number of nitrogens with zero attached hydrogens (tertiary/aromatic N) is 4. The molecule has 2 aliphatic rings. The largest absolute Gasteiger partial charge is 0.480 e. The van der Waals surface area contributed by atoms with Crippen LogP contribution in [-0.2, 0) is 14.3 Å². The van der Waals surface area contributed by atoms with Gasteiger partial charge in [0.2, 0.25) is 0 Å². The first-order valence-electron chi connectivity index (χ1n) is 9.79. The lowest BCUT2D eigenvalue weighted by Gasteiger charge is -2.27. The number of carbonyl (C=O) groups excluding carboxylic acids is 1. The van der Waals surface area contributed by atoms with Crippen LogP contribution in [0, 0.1) is 5.82 Å². The van der Waals surface area contributed by atoms with Crippen LogP contribution in [0.3, 0.4) is 0 Å².